The lowest BCUT2D eigenvalue weighted by Gasteiger charge is -2.17. The van der Waals surface area contributed by atoms with Gasteiger partial charge in [0.2, 0.25) is 5.91 Å². The molecule has 1 aromatic carbocycles. The molecular formula is C14H19Cl2NOS. The zero-order valence-electron chi connectivity index (χ0n) is 11.4. The summed E-state index contributed by atoms with van der Waals surface area (Å²) in [4.78, 5) is 11.7. The van der Waals surface area contributed by atoms with E-state index in [9.17, 15) is 4.79 Å². The number of halogens is 2. The van der Waals surface area contributed by atoms with Crippen LogP contribution in [0.2, 0.25) is 10.0 Å². The van der Waals surface area contributed by atoms with Gasteiger partial charge in [0.05, 0.1) is 15.8 Å². The van der Waals surface area contributed by atoms with Crippen LogP contribution >= 0.6 is 35.0 Å². The third-order valence-corrected chi connectivity index (χ3v) is 4.62. The highest BCUT2D eigenvalue weighted by Crippen LogP contribution is 2.24. The number of thioether (sulfide) groups is 1. The van der Waals surface area contributed by atoms with Crippen molar-refractivity contribution in [1.29, 1.82) is 0 Å². The lowest BCUT2D eigenvalue weighted by molar-refractivity contribution is -0.119. The Balaban J connectivity index is 2.33. The first-order valence-corrected chi connectivity index (χ1v) is 8.12. The lowest BCUT2D eigenvalue weighted by Crippen LogP contribution is -2.37. The average Bonchev–Trinajstić information content (AvgIpc) is 2.33. The molecule has 0 saturated carbocycles. The molecule has 0 aliphatic rings. The van der Waals surface area contributed by atoms with Crippen LogP contribution in [0.4, 0.5) is 0 Å². The van der Waals surface area contributed by atoms with Gasteiger partial charge in [0.15, 0.2) is 0 Å². The highest BCUT2D eigenvalue weighted by atomic mass is 35.5. The Morgan fingerprint density at radius 1 is 1.26 bits per heavy atom. The molecule has 1 N–H and O–H groups in total. The molecule has 1 amide bonds. The Morgan fingerprint density at radius 3 is 2.53 bits per heavy atom. The average molecular weight is 320 g/mol. The van der Waals surface area contributed by atoms with Gasteiger partial charge in [-0.2, -0.15) is 0 Å². The summed E-state index contributed by atoms with van der Waals surface area (Å²) in [5, 5.41) is 4.09. The maximum atomic E-state index is 11.7. The van der Waals surface area contributed by atoms with Crippen molar-refractivity contribution in [2.24, 2.45) is 5.92 Å². The summed E-state index contributed by atoms with van der Waals surface area (Å²) in [6, 6.07) is 5.75. The van der Waals surface area contributed by atoms with Gasteiger partial charge < -0.3 is 5.32 Å². The monoisotopic (exact) mass is 319 g/mol. The first kappa shape index (κ1) is 16.7. The highest BCUT2D eigenvalue weighted by Gasteiger charge is 2.10. The number of hydrogen-bond donors (Lipinski definition) is 1. The topological polar surface area (TPSA) is 29.1 Å². The van der Waals surface area contributed by atoms with Crippen molar-refractivity contribution in [3.05, 3.63) is 33.8 Å². The summed E-state index contributed by atoms with van der Waals surface area (Å²) < 4.78 is 0. The number of carbonyl (C=O) groups excluding carboxylic acids is 1. The molecule has 106 valence electrons. The minimum absolute atomic E-state index is 0.0752. The minimum Gasteiger partial charge on any atom is -0.353 e. The van der Waals surface area contributed by atoms with Gasteiger partial charge in [0, 0.05) is 11.8 Å². The van der Waals surface area contributed by atoms with E-state index in [1.54, 1.807) is 17.8 Å². The number of benzene rings is 1. The molecule has 1 rings (SSSR count). The van der Waals surface area contributed by atoms with Crippen LogP contribution in [0.3, 0.4) is 0 Å². The molecule has 1 atom stereocenters. The van der Waals surface area contributed by atoms with E-state index in [2.05, 4.69) is 19.2 Å². The van der Waals surface area contributed by atoms with Crippen LogP contribution in [-0.2, 0) is 10.5 Å². The van der Waals surface area contributed by atoms with Gasteiger partial charge in [-0.05, 0) is 30.5 Å². The molecular weight excluding hydrogens is 301 g/mol. The van der Waals surface area contributed by atoms with E-state index in [1.165, 1.54) is 0 Å². The van der Waals surface area contributed by atoms with Gasteiger partial charge in [-0.15, -0.1) is 11.8 Å². The molecule has 0 aromatic heterocycles. The standard InChI is InChI=1S/C14H19Cl2NOS/c1-9(2)10(3)17-14(18)8-19-7-11-4-5-12(15)13(16)6-11/h4-6,9-10H,7-8H2,1-3H3,(H,17,18)/t10-/m0/s1. The molecule has 5 heteroatoms. The summed E-state index contributed by atoms with van der Waals surface area (Å²) in [5.74, 6) is 1.73. The second-order valence-electron chi connectivity index (χ2n) is 4.84. The number of nitrogens with one attached hydrogen (secondary N) is 1. The molecule has 0 aliphatic heterocycles. The quantitative estimate of drug-likeness (QED) is 0.842. The minimum atomic E-state index is 0.0752. The molecule has 0 unspecified atom stereocenters. The predicted molar refractivity (Wildman–Crippen MR) is 85.1 cm³/mol. The Hall–Kier alpha value is -0.380. The summed E-state index contributed by atoms with van der Waals surface area (Å²) >= 11 is 13.4. The largest absolute Gasteiger partial charge is 0.353 e. The smallest absolute Gasteiger partial charge is 0.230 e. The van der Waals surface area contributed by atoms with E-state index >= 15 is 0 Å². The normalized spacial score (nSPS) is 12.5. The van der Waals surface area contributed by atoms with Crippen molar-refractivity contribution in [2.75, 3.05) is 5.75 Å². The summed E-state index contributed by atoms with van der Waals surface area (Å²) in [6.45, 7) is 6.20. The maximum absolute atomic E-state index is 11.7. The first-order chi connectivity index (χ1) is 8.90. The van der Waals surface area contributed by atoms with E-state index in [-0.39, 0.29) is 11.9 Å². The third kappa shape index (κ3) is 6.07. The molecule has 0 bridgehead atoms. The van der Waals surface area contributed by atoms with Crippen LogP contribution in [-0.4, -0.2) is 17.7 Å². The molecule has 0 heterocycles. The van der Waals surface area contributed by atoms with Crippen molar-refractivity contribution < 1.29 is 4.79 Å². The summed E-state index contributed by atoms with van der Waals surface area (Å²) in [7, 11) is 0. The van der Waals surface area contributed by atoms with Gasteiger partial charge in [-0.3, -0.25) is 4.79 Å². The lowest BCUT2D eigenvalue weighted by atomic mass is 10.1. The van der Waals surface area contributed by atoms with Gasteiger partial charge in [0.1, 0.15) is 0 Å². The Labute approximate surface area is 129 Å². The van der Waals surface area contributed by atoms with Crippen LogP contribution in [0.15, 0.2) is 18.2 Å². The fourth-order valence-electron chi connectivity index (χ4n) is 1.35. The zero-order valence-corrected chi connectivity index (χ0v) is 13.7. The Kier molecular flexibility index (Phi) is 7.05. The number of rotatable bonds is 6. The van der Waals surface area contributed by atoms with Crippen LogP contribution in [0.25, 0.3) is 0 Å². The summed E-state index contributed by atoms with van der Waals surface area (Å²) in [5.41, 5.74) is 1.07. The SMILES string of the molecule is CC(C)[C@H](C)NC(=O)CSCc1ccc(Cl)c(Cl)c1. The second-order valence-corrected chi connectivity index (χ2v) is 6.64. The fourth-order valence-corrected chi connectivity index (χ4v) is 2.46. The van der Waals surface area contributed by atoms with Gasteiger partial charge >= 0.3 is 0 Å². The number of hydrogen-bond acceptors (Lipinski definition) is 2. The van der Waals surface area contributed by atoms with Crippen molar-refractivity contribution in [1.82, 2.24) is 5.32 Å². The molecule has 0 aliphatic carbocycles. The fraction of sp³-hybridized carbons (Fsp3) is 0.500. The maximum Gasteiger partial charge on any atom is 0.230 e. The van der Waals surface area contributed by atoms with Crippen LogP contribution < -0.4 is 5.32 Å². The Morgan fingerprint density at radius 2 is 1.95 bits per heavy atom. The molecule has 1 aromatic rings. The van der Waals surface area contributed by atoms with E-state index in [4.69, 9.17) is 23.2 Å². The zero-order chi connectivity index (χ0) is 14.4. The van der Waals surface area contributed by atoms with E-state index in [0.717, 1.165) is 11.3 Å². The predicted octanol–water partition coefficient (Wildman–Crippen LogP) is 4.39. The van der Waals surface area contributed by atoms with Gasteiger partial charge in [-0.1, -0.05) is 43.1 Å². The van der Waals surface area contributed by atoms with Gasteiger partial charge in [-0.25, -0.2) is 0 Å². The molecule has 2 nitrogen and oxygen atoms in total. The first-order valence-electron chi connectivity index (χ1n) is 6.21. The van der Waals surface area contributed by atoms with Crippen molar-refractivity contribution in [3.63, 3.8) is 0 Å². The van der Waals surface area contributed by atoms with Crippen LogP contribution in [0.1, 0.15) is 26.3 Å². The molecule has 19 heavy (non-hydrogen) atoms. The van der Waals surface area contributed by atoms with E-state index < -0.39 is 0 Å². The van der Waals surface area contributed by atoms with Crippen molar-refractivity contribution in [2.45, 2.75) is 32.6 Å². The van der Waals surface area contributed by atoms with E-state index in [1.807, 2.05) is 19.1 Å². The van der Waals surface area contributed by atoms with Gasteiger partial charge in [0.25, 0.3) is 0 Å². The van der Waals surface area contributed by atoms with Crippen LogP contribution in [0.5, 0.6) is 0 Å². The molecule has 0 saturated heterocycles. The second kappa shape index (κ2) is 8.03. The molecule has 0 radical (unpaired) electrons. The third-order valence-electron chi connectivity index (χ3n) is 2.87. The van der Waals surface area contributed by atoms with Crippen molar-refractivity contribution >= 4 is 40.9 Å². The van der Waals surface area contributed by atoms with E-state index in [0.29, 0.717) is 21.7 Å². The highest BCUT2D eigenvalue weighted by molar-refractivity contribution is 7.99. The number of carbonyl (C=O) groups is 1. The van der Waals surface area contributed by atoms with Crippen molar-refractivity contribution in [3.8, 4) is 0 Å². The molecule has 0 spiro atoms. The number of amides is 1. The van der Waals surface area contributed by atoms with Crippen LogP contribution in [0, 0.1) is 5.92 Å². The Bertz CT molecular complexity index is 437. The molecule has 0 fully saturated rings. The summed E-state index contributed by atoms with van der Waals surface area (Å²) in [6.07, 6.45) is 0.